The second kappa shape index (κ2) is 4.49. The number of rotatable bonds is 2. The highest BCUT2D eigenvalue weighted by Crippen LogP contribution is 2.33. The third-order valence-corrected chi connectivity index (χ3v) is 2.57. The van der Waals surface area contributed by atoms with Crippen molar-refractivity contribution in [2.75, 3.05) is 7.11 Å². The van der Waals surface area contributed by atoms with Gasteiger partial charge in [0.25, 0.3) is 0 Å². The highest BCUT2D eigenvalue weighted by atomic mass is 16.5. The van der Waals surface area contributed by atoms with E-state index in [2.05, 4.69) is 0 Å². The summed E-state index contributed by atoms with van der Waals surface area (Å²) in [5, 5.41) is 0. The topological polar surface area (TPSA) is 35.5 Å². The first kappa shape index (κ1) is 10.9. The second-order valence-electron chi connectivity index (χ2n) is 3.75. The maximum atomic E-state index is 11.6. The minimum absolute atomic E-state index is 0.0562. The number of hydrogen-bond donors (Lipinski definition) is 0. The van der Waals surface area contributed by atoms with E-state index in [1.807, 2.05) is 43.3 Å². The summed E-state index contributed by atoms with van der Waals surface area (Å²) in [6.45, 7) is 1.91. The summed E-state index contributed by atoms with van der Waals surface area (Å²) in [6.07, 6.45) is 1.45. The van der Waals surface area contributed by atoms with E-state index in [1.165, 1.54) is 7.11 Å². The van der Waals surface area contributed by atoms with Gasteiger partial charge in [0.05, 0.1) is 18.8 Å². The first-order chi connectivity index (χ1) is 7.72. The molecule has 1 heterocycles. The molecule has 3 heteroatoms. The molecule has 2 atom stereocenters. The third kappa shape index (κ3) is 1.99. The predicted octanol–water partition coefficient (Wildman–Crippen LogP) is 2.25. The lowest BCUT2D eigenvalue weighted by Crippen LogP contribution is -2.11. The zero-order chi connectivity index (χ0) is 11.5. The number of benzene rings is 1. The summed E-state index contributed by atoms with van der Waals surface area (Å²) < 4.78 is 10.4. The van der Waals surface area contributed by atoms with Crippen LogP contribution in [0.15, 0.2) is 42.0 Å². The van der Waals surface area contributed by atoms with Crippen LogP contribution < -0.4 is 0 Å². The molecule has 1 aliphatic heterocycles. The molecular weight excluding hydrogens is 204 g/mol. The molecule has 0 aromatic heterocycles. The fourth-order valence-electron chi connectivity index (χ4n) is 1.85. The molecule has 0 spiro atoms. The van der Waals surface area contributed by atoms with E-state index in [0.717, 1.165) is 5.56 Å². The smallest absolute Gasteiger partial charge is 0.336 e. The van der Waals surface area contributed by atoms with Crippen molar-refractivity contribution in [2.24, 2.45) is 0 Å². The van der Waals surface area contributed by atoms with Gasteiger partial charge in [-0.2, -0.15) is 0 Å². The van der Waals surface area contributed by atoms with Crippen molar-refractivity contribution in [1.29, 1.82) is 0 Å². The van der Waals surface area contributed by atoms with E-state index in [1.54, 1.807) is 0 Å². The third-order valence-electron chi connectivity index (χ3n) is 2.57. The van der Waals surface area contributed by atoms with Crippen LogP contribution in [-0.2, 0) is 14.3 Å². The molecule has 0 unspecified atom stereocenters. The number of carbonyl (C=O) groups excluding carboxylic acids is 1. The maximum Gasteiger partial charge on any atom is 0.336 e. The average molecular weight is 218 g/mol. The van der Waals surface area contributed by atoms with Gasteiger partial charge < -0.3 is 9.47 Å². The van der Waals surface area contributed by atoms with Crippen molar-refractivity contribution >= 4 is 5.97 Å². The highest BCUT2D eigenvalue weighted by Gasteiger charge is 2.31. The summed E-state index contributed by atoms with van der Waals surface area (Å²) in [5.74, 6) is -0.321. The van der Waals surface area contributed by atoms with Crippen molar-refractivity contribution in [3.63, 3.8) is 0 Å². The minimum Gasteiger partial charge on any atom is -0.466 e. The molecule has 1 aliphatic rings. The van der Waals surface area contributed by atoms with Gasteiger partial charge >= 0.3 is 5.97 Å². The number of ether oxygens (including phenoxy) is 2. The largest absolute Gasteiger partial charge is 0.466 e. The average Bonchev–Trinajstić information content (AvgIpc) is 2.71. The van der Waals surface area contributed by atoms with Crippen LogP contribution in [0.5, 0.6) is 0 Å². The Bertz CT molecular complexity index is 408. The van der Waals surface area contributed by atoms with Gasteiger partial charge in [0.2, 0.25) is 0 Å². The van der Waals surface area contributed by atoms with Crippen molar-refractivity contribution < 1.29 is 14.3 Å². The normalized spacial score (nSPS) is 24.0. The van der Waals surface area contributed by atoms with E-state index in [-0.39, 0.29) is 18.2 Å². The Morgan fingerprint density at radius 3 is 2.62 bits per heavy atom. The summed E-state index contributed by atoms with van der Waals surface area (Å²) >= 11 is 0. The molecular formula is C13H14O3. The van der Waals surface area contributed by atoms with E-state index in [4.69, 9.17) is 9.47 Å². The molecule has 0 N–H and O–H groups in total. The molecule has 0 saturated carbocycles. The van der Waals surface area contributed by atoms with Crippen LogP contribution in [0.3, 0.4) is 0 Å². The quantitative estimate of drug-likeness (QED) is 0.714. The number of methoxy groups -OCH3 is 1. The molecule has 3 nitrogen and oxygen atoms in total. The summed E-state index contributed by atoms with van der Waals surface area (Å²) in [7, 11) is 1.38. The van der Waals surface area contributed by atoms with E-state index in [9.17, 15) is 4.79 Å². The monoisotopic (exact) mass is 218 g/mol. The molecule has 0 radical (unpaired) electrons. The standard InChI is InChI=1S/C13H14O3/c1-9-8-11(13(14)15-2)12(16-9)10-6-4-3-5-7-10/h3-9,12H,1-2H3/t9-,12+/m0/s1. The van der Waals surface area contributed by atoms with Gasteiger partial charge in [-0.05, 0) is 18.6 Å². The zero-order valence-corrected chi connectivity index (χ0v) is 9.34. The number of hydrogen-bond acceptors (Lipinski definition) is 3. The Morgan fingerprint density at radius 2 is 2.00 bits per heavy atom. The van der Waals surface area contributed by atoms with Gasteiger partial charge in [-0.1, -0.05) is 30.3 Å². The van der Waals surface area contributed by atoms with Gasteiger partial charge in [-0.15, -0.1) is 0 Å². The van der Waals surface area contributed by atoms with Crippen LogP contribution in [0.1, 0.15) is 18.6 Å². The Balaban J connectivity index is 2.29. The molecule has 2 rings (SSSR count). The minimum atomic E-state index is -0.321. The molecule has 0 bridgehead atoms. The lowest BCUT2D eigenvalue weighted by molar-refractivity contribution is -0.137. The van der Waals surface area contributed by atoms with Crippen molar-refractivity contribution in [1.82, 2.24) is 0 Å². The van der Waals surface area contributed by atoms with Crippen LogP contribution >= 0.6 is 0 Å². The van der Waals surface area contributed by atoms with E-state index in [0.29, 0.717) is 5.57 Å². The molecule has 1 aromatic carbocycles. The number of carbonyl (C=O) groups is 1. The first-order valence-corrected chi connectivity index (χ1v) is 5.23. The van der Waals surface area contributed by atoms with Crippen molar-refractivity contribution in [3.8, 4) is 0 Å². The van der Waals surface area contributed by atoms with Crippen LogP contribution in [-0.4, -0.2) is 19.2 Å². The van der Waals surface area contributed by atoms with Crippen LogP contribution in [0, 0.1) is 0 Å². The molecule has 84 valence electrons. The highest BCUT2D eigenvalue weighted by molar-refractivity contribution is 5.90. The zero-order valence-electron chi connectivity index (χ0n) is 9.34. The number of esters is 1. The molecule has 0 amide bonds. The van der Waals surface area contributed by atoms with Gasteiger partial charge in [0, 0.05) is 0 Å². The first-order valence-electron chi connectivity index (χ1n) is 5.23. The molecule has 0 saturated heterocycles. The summed E-state index contributed by atoms with van der Waals surface area (Å²) in [4.78, 5) is 11.6. The van der Waals surface area contributed by atoms with Crippen LogP contribution in [0.4, 0.5) is 0 Å². The van der Waals surface area contributed by atoms with Crippen molar-refractivity contribution in [3.05, 3.63) is 47.5 Å². The Morgan fingerprint density at radius 1 is 1.31 bits per heavy atom. The van der Waals surface area contributed by atoms with Gasteiger partial charge in [-0.25, -0.2) is 4.79 Å². The summed E-state index contributed by atoms with van der Waals surface area (Å²) in [6, 6.07) is 9.68. The lowest BCUT2D eigenvalue weighted by atomic mass is 10.0. The Kier molecular flexibility index (Phi) is 3.06. The predicted molar refractivity (Wildman–Crippen MR) is 59.8 cm³/mol. The SMILES string of the molecule is COC(=O)C1=C[C@H](C)O[C@@H]1c1ccccc1. The second-order valence-corrected chi connectivity index (χ2v) is 3.75. The van der Waals surface area contributed by atoms with Gasteiger partial charge in [0.1, 0.15) is 6.10 Å². The molecule has 1 aromatic rings. The van der Waals surface area contributed by atoms with E-state index < -0.39 is 0 Å². The van der Waals surface area contributed by atoms with Gasteiger partial charge in [0.15, 0.2) is 0 Å². The Hall–Kier alpha value is -1.61. The van der Waals surface area contributed by atoms with Crippen LogP contribution in [0.25, 0.3) is 0 Å². The molecule has 0 fully saturated rings. The Labute approximate surface area is 94.7 Å². The van der Waals surface area contributed by atoms with Crippen molar-refractivity contribution in [2.45, 2.75) is 19.1 Å². The molecule has 16 heavy (non-hydrogen) atoms. The fraction of sp³-hybridized carbons (Fsp3) is 0.308. The molecule has 0 aliphatic carbocycles. The summed E-state index contributed by atoms with van der Waals surface area (Å²) in [5.41, 5.74) is 1.56. The lowest BCUT2D eigenvalue weighted by Gasteiger charge is -2.14. The maximum absolute atomic E-state index is 11.6. The van der Waals surface area contributed by atoms with Gasteiger partial charge in [-0.3, -0.25) is 0 Å². The fourth-order valence-corrected chi connectivity index (χ4v) is 1.85. The van der Waals surface area contributed by atoms with E-state index >= 15 is 0 Å². The van der Waals surface area contributed by atoms with Crippen LogP contribution in [0.2, 0.25) is 0 Å².